The Morgan fingerprint density at radius 2 is 2.00 bits per heavy atom. The van der Waals surface area contributed by atoms with E-state index in [0.717, 1.165) is 19.4 Å². The predicted octanol–water partition coefficient (Wildman–Crippen LogP) is 1.69. The van der Waals surface area contributed by atoms with Crippen molar-refractivity contribution in [1.82, 2.24) is 5.32 Å². The van der Waals surface area contributed by atoms with E-state index < -0.39 is 9.84 Å². The quantitative estimate of drug-likeness (QED) is 0.768. The Balaban J connectivity index is 2.21. The highest BCUT2D eigenvalue weighted by atomic mass is 32.2. The molecule has 0 aromatic carbocycles. The van der Waals surface area contributed by atoms with Gasteiger partial charge < -0.3 is 5.32 Å². The maximum absolute atomic E-state index is 11.7. The molecule has 0 aromatic rings. The second-order valence-electron chi connectivity index (χ2n) is 5.39. The number of hydrogen-bond donors (Lipinski definition) is 1. The standard InChI is InChI=1S/C13H25NO3S/c1-11(2)18(16,17)10-8-13(15)7-6-12-5-3-4-9-14-12/h11-12,14H,3-10H2,1-2H3. The van der Waals surface area contributed by atoms with E-state index in [9.17, 15) is 13.2 Å². The first-order valence-electron chi connectivity index (χ1n) is 6.88. The molecule has 4 nitrogen and oxygen atoms in total. The summed E-state index contributed by atoms with van der Waals surface area (Å²) < 4.78 is 23.2. The van der Waals surface area contributed by atoms with E-state index in [4.69, 9.17) is 0 Å². The van der Waals surface area contributed by atoms with Crippen LogP contribution in [-0.4, -0.2) is 37.8 Å². The van der Waals surface area contributed by atoms with Crippen molar-refractivity contribution in [3.63, 3.8) is 0 Å². The molecule has 1 heterocycles. The van der Waals surface area contributed by atoms with E-state index in [0.29, 0.717) is 12.5 Å². The van der Waals surface area contributed by atoms with E-state index in [1.165, 1.54) is 12.8 Å². The van der Waals surface area contributed by atoms with Crippen LogP contribution in [0.1, 0.15) is 52.4 Å². The number of carbonyl (C=O) groups excluding carboxylic acids is 1. The number of ketones is 1. The maximum Gasteiger partial charge on any atom is 0.153 e. The molecule has 0 saturated carbocycles. The SMILES string of the molecule is CC(C)S(=O)(=O)CCC(=O)CCC1CCCCN1. The zero-order valence-electron chi connectivity index (χ0n) is 11.4. The van der Waals surface area contributed by atoms with Gasteiger partial charge in [-0.05, 0) is 39.7 Å². The first-order chi connectivity index (χ1) is 8.42. The number of piperidine rings is 1. The highest BCUT2D eigenvalue weighted by molar-refractivity contribution is 7.91. The third-order valence-electron chi connectivity index (χ3n) is 3.57. The molecule has 1 unspecified atom stereocenters. The zero-order valence-corrected chi connectivity index (χ0v) is 12.3. The molecule has 0 bridgehead atoms. The van der Waals surface area contributed by atoms with Crippen molar-refractivity contribution in [2.24, 2.45) is 0 Å². The van der Waals surface area contributed by atoms with Crippen molar-refractivity contribution < 1.29 is 13.2 Å². The molecule has 1 aliphatic heterocycles. The van der Waals surface area contributed by atoms with Crippen LogP contribution in [0.15, 0.2) is 0 Å². The van der Waals surface area contributed by atoms with Crippen LogP contribution < -0.4 is 5.32 Å². The van der Waals surface area contributed by atoms with Crippen molar-refractivity contribution >= 4 is 15.6 Å². The van der Waals surface area contributed by atoms with Crippen LogP contribution in [0.3, 0.4) is 0 Å². The topological polar surface area (TPSA) is 63.2 Å². The number of rotatable bonds is 7. The van der Waals surface area contributed by atoms with Gasteiger partial charge >= 0.3 is 0 Å². The largest absolute Gasteiger partial charge is 0.314 e. The van der Waals surface area contributed by atoms with Gasteiger partial charge in [0, 0.05) is 18.9 Å². The van der Waals surface area contributed by atoms with Crippen molar-refractivity contribution in [3.05, 3.63) is 0 Å². The van der Waals surface area contributed by atoms with Crippen molar-refractivity contribution in [3.8, 4) is 0 Å². The van der Waals surface area contributed by atoms with Gasteiger partial charge in [-0.2, -0.15) is 0 Å². The molecule has 5 heteroatoms. The Kier molecular flexibility index (Phi) is 6.29. The van der Waals surface area contributed by atoms with E-state index in [2.05, 4.69) is 5.32 Å². The lowest BCUT2D eigenvalue weighted by atomic mass is 9.99. The molecule has 1 aliphatic rings. The van der Waals surface area contributed by atoms with Crippen LogP contribution in [0.4, 0.5) is 0 Å². The molecule has 1 fully saturated rings. The van der Waals surface area contributed by atoms with Crippen LogP contribution in [0.25, 0.3) is 0 Å². The third-order valence-corrected chi connectivity index (χ3v) is 5.78. The minimum absolute atomic E-state index is 0.00158. The van der Waals surface area contributed by atoms with Gasteiger partial charge in [0.25, 0.3) is 0 Å². The fourth-order valence-electron chi connectivity index (χ4n) is 2.12. The van der Waals surface area contributed by atoms with Crippen LogP contribution >= 0.6 is 0 Å². The van der Waals surface area contributed by atoms with Gasteiger partial charge in [0.1, 0.15) is 5.78 Å². The normalized spacial score (nSPS) is 21.2. The first-order valence-corrected chi connectivity index (χ1v) is 8.60. The fourth-order valence-corrected chi connectivity index (χ4v) is 3.11. The lowest BCUT2D eigenvalue weighted by Gasteiger charge is -2.22. The van der Waals surface area contributed by atoms with Crippen molar-refractivity contribution in [2.75, 3.05) is 12.3 Å². The summed E-state index contributed by atoms with van der Waals surface area (Å²) in [6, 6.07) is 0.449. The fraction of sp³-hybridized carbons (Fsp3) is 0.923. The summed E-state index contributed by atoms with van der Waals surface area (Å²) >= 11 is 0. The average Bonchev–Trinajstić information content (AvgIpc) is 2.35. The Hall–Kier alpha value is -0.420. The molecule has 0 aliphatic carbocycles. The molecule has 106 valence electrons. The van der Waals surface area contributed by atoms with Gasteiger partial charge in [0.15, 0.2) is 9.84 Å². The van der Waals surface area contributed by atoms with E-state index in [-0.39, 0.29) is 23.2 Å². The molecule has 0 radical (unpaired) electrons. The molecule has 0 amide bonds. The Labute approximate surface area is 110 Å². The number of Topliss-reactive ketones (excluding diaryl/α,β-unsaturated/α-hetero) is 1. The van der Waals surface area contributed by atoms with Crippen LogP contribution in [0, 0.1) is 0 Å². The third kappa shape index (κ3) is 5.48. The summed E-state index contributed by atoms with van der Waals surface area (Å²) in [4.78, 5) is 11.7. The van der Waals surface area contributed by atoms with Crippen LogP contribution in [0.2, 0.25) is 0 Å². The van der Waals surface area contributed by atoms with Crippen LogP contribution in [-0.2, 0) is 14.6 Å². The number of sulfone groups is 1. The maximum atomic E-state index is 11.7. The second-order valence-corrected chi connectivity index (χ2v) is 8.07. The summed E-state index contributed by atoms with van der Waals surface area (Å²) in [7, 11) is -3.07. The lowest BCUT2D eigenvalue weighted by molar-refractivity contribution is -0.118. The van der Waals surface area contributed by atoms with Crippen molar-refractivity contribution in [1.29, 1.82) is 0 Å². The lowest BCUT2D eigenvalue weighted by Crippen LogP contribution is -2.34. The van der Waals surface area contributed by atoms with Gasteiger partial charge in [0.05, 0.1) is 11.0 Å². The number of nitrogens with one attached hydrogen (secondary N) is 1. The smallest absolute Gasteiger partial charge is 0.153 e. The van der Waals surface area contributed by atoms with E-state index >= 15 is 0 Å². The van der Waals surface area contributed by atoms with Gasteiger partial charge in [-0.25, -0.2) is 8.42 Å². The molecular weight excluding hydrogens is 250 g/mol. The highest BCUT2D eigenvalue weighted by Gasteiger charge is 2.19. The Bertz CT molecular complexity index is 356. The Morgan fingerprint density at radius 1 is 1.28 bits per heavy atom. The van der Waals surface area contributed by atoms with Crippen molar-refractivity contribution in [2.45, 2.75) is 63.7 Å². The van der Waals surface area contributed by atoms with E-state index in [1.54, 1.807) is 13.8 Å². The Morgan fingerprint density at radius 3 is 2.56 bits per heavy atom. The van der Waals surface area contributed by atoms with Gasteiger partial charge in [-0.3, -0.25) is 4.79 Å². The van der Waals surface area contributed by atoms with Gasteiger partial charge in [0.2, 0.25) is 0 Å². The molecule has 1 saturated heterocycles. The molecule has 18 heavy (non-hydrogen) atoms. The molecule has 0 aromatic heterocycles. The summed E-state index contributed by atoms with van der Waals surface area (Å²) in [5.41, 5.74) is 0. The summed E-state index contributed by atoms with van der Waals surface area (Å²) in [6.45, 7) is 4.36. The molecular formula is C13H25NO3S. The molecule has 1 N–H and O–H groups in total. The first kappa shape index (κ1) is 15.6. The molecule has 0 spiro atoms. The predicted molar refractivity (Wildman–Crippen MR) is 73.4 cm³/mol. The summed E-state index contributed by atoms with van der Waals surface area (Å²) in [6.07, 6.45) is 5.11. The second kappa shape index (κ2) is 7.24. The minimum Gasteiger partial charge on any atom is -0.314 e. The number of hydrogen-bond acceptors (Lipinski definition) is 4. The average molecular weight is 275 g/mol. The van der Waals surface area contributed by atoms with Gasteiger partial charge in [-0.15, -0.1) is 0 Å². The summed E-state index contributed by atoms with van der Waals surface area (Å²) in [5, 5.41) is 3.01. The zero-order chi connectivity index (χ0) is 13.6. The van der Waals surface area contributed by atoms with E-state index in [1.807, 2.05) is 0 Å². The highest BCUT2D eigenvalue weighted by Crippen LogP contribution is 2.13. The summed E-state index contributed by atoms with van der Waals surface area (Å²) in [5.74, 6) is 0.0771. The molecule has 1 rings (SSSR count). The monoisotopic (exact) mass is 275 g/mol. The number of carbonyl (C=O) groups is 1. The van der Waals surface area contributed by atoms with Crippen LogP contribution in [0.5, 0.6) is 0 Å². The minimum atomic E-state index is -3.07. The molecule has 1 atom stereocenters. The van der Waals surface area contributed by atoms with Gasteiger partial charge in [-0.1, -0.05) is 6.42 Å².